The number of benzene rings is 1. The predicted molar refractivity (Wildman–Crippen MR) is 78.3 cm³/mol. The molecule has 0 aliphatic carbocycles. The van der Waals surface area contributed by atoms with Crippen LogP contribution in [0.1, 0.15) is 17.2 Å². The Morgan fingerprint density at radius 2 is 2.00 bits per heavy atom. The average Bonchev–Trinajstić information content (AvgIpc) is 2.89. The van der Waals surface area contributed by atoms with E-state index in [1.165, 1.54) is 5.56 Å². The smallest absolute Gasteiger partial charge is 0.161 e. The van der Waals surface area contributed by atoms with Gasteiger partial charge in [0.1, 0.15) is 0 Å². The van der Waals surface area contributed by atoms with Gasteiger partial charge in [0.15, 0.2) is 11.5 Å². The molecule has 1 unspecified atom stereocenters. The number of likely N-dealkylation sites (N-methyl/N-ethyl adjacent to an activating group) is 1. The molecule has 1 N–H and O–H groups in total. The van der Waals surface area contributed by atoms with Crippen molar-refractivity contribution in [1.82, 2.24) is 15.1 Å². The Labute approximate surface area is 119 Å². The van der Waals surface area contributed by atoms with Crippen molar-refractivity contribution >= 4 is 0 Å². The lowest BCUT2D eigenvalue weighted by Gasteiger charge is -2.17. The molecule has 5 heteroatoms. The van der Waals surface area contributed by atoms with Crippen molar-refractivity contribution in [3.8, 4) is 11.5 Å². The molecule has 0 bridgehead atoms. The van der Waals surface area contributed by atoms with E-state index in [1.807, 2.05) is 43.3 Å². The van der Waals surface area contributed by atoms with Crippen LogP contribution in [0.5, 0.6) is 11.5 Å². The van der Waals surface area contributed by atoms with Gasteiger partial charge in [0.25, 0.3) is 0 Å². The van der Waals surface area contributed by atoms with Crippen LogP contribution in [0.25, 0.3) is 0 Å². The number of ether oxygens (including phenoxy) is 2. The Kier molecular flexibility index (Phi) is 4.63. The van der Waals surface area contributed by atoms with Crippen LogP contribution in [-0.2, 0) is 13.5 Å². The quantitative estimate of drug-likeness (QED) is 0.875. The van der Waals surface area contributed by atoms with E-state index in [0.29, 0.717) is 0 Å². The van der Waals surface area contributed by atoms with Gasteiger partial charge < -0.3 is 14.8 Å². The molecule has 1 atom stereocenters. The van der Waals surface area contributed by atoms with Crippen LogP contribution in [-0.4, -0.2) is 31.0 Å². The van der Waals surface area contributed by atoms with Gasteiger partial charge in [-0.05, 0) is 36.7 Å². The molecule has 0 amide bonds. The first-order valence-corrected chi connectivity index (χ1v) is 6.54. The highest BCUT2D eigenvalue weighted by Gasteiger charge is 2.14. The van der Waals surface area contributed by atoms with E-state index >= 15 is 0 Å². The zero-order valence-electron chi connectivity index (χ0n) is 12.4. The third-order valence-corrected chi connectivity index (χ3v) is 3.36. The maximum absolute atomic E-state index is 5.36. The largest absolute Gasteiger partial charge is 0.493 e. The standard InChI is InChI=1S/C15H21N3O2/c1-16-13(7-11-9-17-18(2)10-11)12-5-6-14(19-3)15(8-12)20-4/h5-6,8-10,13,16H,7H2,1-4H3. The summed E-state index contributed by atoms with van der Waals surface area (Å²) in [4.78, 5) is 0. The summed E-state index contributed by atoms with van der Waals surface area (Å²) in [6.45, 7) is 0. The van der Waals surface area contributed by atoms with E-state index in [1.54, 1.807) is 14.2 Å². The summed E-state index contributed by atoms with van der Waals surface area (Å²) in [5.41, 5.74) is 2.36. The predicted octanol–water partition coefficient (Wildman–Crippen LogP) is 1.94. The van der Waals surface area contributed by atoms with Crippen molar-refractivity contribution in [2.24, 2.45) is 7.05 Å². The van der Waals surface area contributed by atoms with E-state index in [2.05, 4.69) is 16.5 Å². The molecule has 1 aromatic heterocycles. The van der Waals surface area contributed by atoms with E-state index in [-0.39, 0.29) is 6.04 Å². The van der Waals surface area contributed by atoms with Gasteiger partial charge in [-0.3, -0.25) is 4.68 Å². The second-order valence-corrected chi connectivity index (χ2v) is 4.68. The Hall–Kier alpha value is -2.01. The van der Waals surface area contributed by atoms with Gasteiger partial charge in [-0.2, -0.15) is 5.10 Å². The molecule has 2 rings (SSSR count). The Morgan fingerprint density at radius 3 is 2.55 bits per heavy atom. The van der Waals surface area contributed by atoms with Crippen molar-refractivity contribution in [2.45, 2.75) is 12.5 Å². The minimum atomic E-state index is 0.207. The molecule has 20 heavy (non-hydrogen) atoms. The third-order valence-electron chi connectivity index (χ3n) is 3.36. The van der Waals surface area contributed by atoms with Gasteiger partial charge in [0, 0.05) is 19.3 Å². The number of aryl methyl sites for hydroxylation is 1. The topological polar surface area (TPSA) is 48.3 Å². The van der Waals surface area contributed by atoms with E-state index in [9.17, 15) is 0 Å². The SMILES string of the molecule is CNC(Cc1cnn(C)c1)c1ccc(OC)c(OC)c1. The molecule has 0 radical (unpaired) electrons. The van der Waals surface area contributed by atoms with Crippen molar-refractivity contribution in [2.75, 3.05) is 21.3 Å². The number of aromatic nitrogens is 2. The minimum absolute atomic E-state index is 0.207. The fourth-order valence-electron chi connectivity index (χ4n) is 2.27. The Bertz CT molecular complexity index is 566. The second-order valence-electron chi connectivity index (χ2n) is 4.68. The lowest BCUT2D eigenvalue weighted by Crippen LogP contribution is -2.18. The van der Waals surface area contributed by atoms with Crippen molar-refractivity contribution in [1.29, 1.82) is 0 Å². The molecule has 0 aliphatic heterocycles. The van der Waals surface area contributed by atoms with Gasteiger partial charge >= 0.3 is 0 Å². The maximum atomic E-state index is 5.36. The van der Waals surface area contributed by atoms with Gasteiger partial charge in [-0.1, -0.05) is 6.07 Å². The molecule has 0 spiro atoms. The highest BCUT2D eigenvalue weighted by molar-refractivity contribution is 5.44. The first kappa shape index (κ1) is 14.4. The first-order valence-electron chi connectivity index (χ1n) is 6.54. The van der Waals surface area contributed by atoms with Crippen LogP contribution < -0.4 is 14.8 Å². The van der Waals surface area contributed by atoms with Crippen molar-refractivity contribution in [3.05, 3.63) is 41.7 Å². The highest BCUT2D eigenvalue weighted by Crippen LogP contribution is 2.30. The fraction of sp³-hybridized carbons (Fsp3) is 0.400. The molecule has 0 saturated carbocycles. The van der Waals surface area contributed by atoms with Gasteiger partial charge in [0.2, 0.25) is 0 Å². The molecule has 5 nitrogen and oxygen atoms in total. The van der Waals surface area contributed by atoms with E-state index < -0.39 is 0 Å². The Balaban J connectivity index is 2.22. The summed E-state index contributed by atoms with van der Waals surface area (Å²) >= 11 is 0. The summed E-state index contributed by atoms with van der Waals surface area (Å²) in [6, 6.07) is 6.20. The van der Waals surface area contributed by atoms with E-state index in [0.717, 1.165) is 23.5 Å². The summed E-state index contributed by atoms with van der Waals surface area (Å²) in [7, 11) is 7.17. The summed E-state index contributed by atoms with van der Waals surface area (Å²) in [6.07, 6.45) is 4.80. The normalized spacial score (nSPS) is 12.2. The van der Waals surface area contributed by atoms with Gasteiger partial charge in [-0.25, -0.2) is 0 Å². The van der Waals surface area contributed by atoms with Crippen LogP contribution in [0, 0.1) is 0 Å². The number of hydrogen-bond donors (Lipinski definition) is 1. The second kappa shape index (κ2) is 6.43. The Morgan fingerprint density at radius 1 is 1.25 bits per heavy atom. The number of nitrogens with zero attached hydrogens (tertiary/aromatic N) is 2. The molecule has 108 valence electrons. The molecule has 0 saturated heterocycles. The monoisotopic (exact) mass is 275 g/mol. The lowest BCUT2D eigenvalue weighted by molar-refractivity contribution is 0.354. The zero-order valence-corrected chi connectivity index (χ0v) is 12.4. The number of rotatable bonds is 6. The molecule has 0 fully saturated rings. The van der Waals surface area contributed by atoms with Gasteiger partial charge in [-0.15, -0.1) is 0 Å². The number of methoxy groups -OCH3 is 2. The molecule has 0 aliphatic rings. The van der Waals surface area contributed by atoms with Crippen LogP contribution in [0.3, 0.4) is 0 Å². The molecule has 1 heterocycles. The van der Waals surface area contributed by atoms with E-state index in [4.69, 9.17) is 9.47 Å². The van der Waals surface area contributed by atoms with Crippen LogP contribution in [0.4, 0.5) is 0 Å². The van der Waals surface area contributed by atoms with Crippen LogP contribution >= 0.6 is 0 Å². The summed E-state index contributed by atoms with van der Waals surface area (Å²) in [5, 5.41) is 7.53. The number of hydrogen-bond acceptors (Lipinski definition) is 4. The van der Waals surface area contributed by atoms with Crippen molar-refractivity contribution < 1.29 is 9.47 Å². The fourth-order valence-corrected chi connectivity index (χ4v) is 2.27. The lowest BCUT2D eigenvalue weighted by atomic mass is 10.0. The highest BCUT2D eigenvalue weighted by atomic mass is 16.5. The maximum Gasteiger partial charge on any atom is 0.161 e. The summed E-state index contributed by atoms with van der Waals surface area (Å²) < 4.78 is 12.4. The molecule has 2 aromatic rings. The van der Waals surface area contributed by atoms with Crippen LogP contribution in [0.2, 0.25) is 0 Å². The molecule has 1 aromatic carbocycles. The minimum Gasteiger partial charge on any atom is -0.493 e. The number of nitrogens with one attached hydrogen (secondary N) is 1. The molecular weight excluding hydrogens is 254 g/mol. The average molecular weight is 275 g/mol. The van der Waals surface area contributed by atoms with Crippen LogP contribution in [0.15, 0.2) is 30.6 Å². The first-order chi connectivity index (χ1) is 9.67. The van der Waals surface area contributed by atoms with Gasteiger partial charge in [0.05, 0.1) is 20.4 Å². The zero-order chi connectivity index (χ0) is 14.5. The summed E-state index contributed by atoms with van der Waals surface area (Å²) in [5.74, 6) is 1.49. The van der Waals surface area contributed by atoms with Crippen molar-refractivity contribution in [3.63, 3.8) is 0 Å². The molecular formula is C15H21N3O2. The third kappa shape index (κ3) is 3.11.